The molecule has 1 aromatic rings. The van der Waals surface area contributed by atoms with Crippen molar-refractivity contribution in [3.05, 3.63) is 29.3 Å². The van der Waals surface area contributed by atoms with E-state index < -0.39 is 8.56 Å². The number of aryl methyl sites for hydroxylation is 2. The smallest absolute Gasteiger partial charge is 0.392 e. The highest BCUT2D eigenvalue weighted by molar-refractivity contribution is 6.65. The Labute approximate surface area is 119 Å². The van der Waals surface area contributed by atoms with E-state index in [2.05, 4.69) is 59.0 Å². The molecule has 0 amide bonds. The monoisotopic (exact) mass is 280 g/mol. The van der Waals surface area contributed by atoms with Crippen LogP contribution in [0.25, 0.3) is 0 Å². The van der Waals surface area contributed by atoms with Crippen LogP contribution in [0.4, 0.5) is 0 Å². The van der Waals surface area contributed by atoms with Gasteiger partial charge < -0.3 is 8.85 Å². The molecule has 0 spiro atoms. The highest BCUT2D eigenvalue weighted by Crippen LogP contribution is 2.23. The summed E-state index contributed by atoms with van der Waals surface area (Å²) < 4.78 is 12.1. The molecule has 1 aromatic carbocycles. The van der Waals surface area contributed by atoms with Crippen LogP contribution in [0.3, 0.4) is 0 Å². The lowest BCUT2D eigenvalue weighted by Gasteiger charge is -2.25. The van der Waals surface area contributed by atoms with Gasteiger partial charge in [0, 0.05) is 6.61 Å². The molecule has 0 heterocycles. The van der Waals surface area contributed by atoms with Crippen molar-refractivity contribution in [3.8, 4) is 5.75 Å². The summed E-state index contributed by atoms with van der Waals surface area (Å²) in [6.45, 7) is 13.7. The Morgan fingerprint density at radius 2 is 1.84 bits per heavy atom. The van der Waals surface area contributed by atoms with Gasteiger partial charge in [0.2, 0.25) is 0 Å². The summed E-state index contributed by atoms with van der Waals surface area (Å²) in [6.07, 6.45) is 2.33. The first-order valence-electron chi connectivity index (χ1n) is 7.20. The van der Waals surface area contributed by atoms with Crippen LogP contribution in [0.5, 0.6) is 5.75 Å². The molecule has 19 heavy (non-hydrogen) atoms. The van der Waals surface area contributed by atoms with Crippen molar-refractivity contribution >= 4 is 8.56 Å². The normalized spacial score (nSPS) is 11.9. The standard InChI is InChI=1S/C16H28O2Si/c1-13(2)8-7-11-17-19(5,6)18-16-12-14(3)9-10-15(16)4/h9-10,12-13H,7-8,11H2,1-6H3. The van der Waals surface area contributed by atoms with Gasteiger partial charge in [0.05, 0.1) is 0 Å². The second-order valence-electron chi connectivity index (χ2n) is 6.16. The van der Waals surface area contributed by atoms with Gasteiger partial charge in [-0.25, -0.2) is 0 Å². The topological polar surface area (TPSA) is 18.5 Å². The predicted octanol–water partition coefficient (Wildman–Crippen LogP) is 4.84. The summed E-state index contributed by atoms with van der Waals surface area (Å²) in [6, 6.07) is 6.32. The highest BCUT2D eigenvalue weighted by Gasteiger charge is 2.27. The zero-order chi connectivity index (χ0) is 14.5. The molecule has 0 bridgehead atoms. The fourth-order valence-corrected chi connectivity index (χ4v) is 3.37. The molecular weight excluding hydrogens is 252 g/mol. The van der Waals surface area contributed by atoms with Gasteiger partial charge in [-0.05, 0) is 62.9 Å². The first kappa shape index (κ1) is 16.3. The molecular formula is C16H28O2Si. The zero-order valence-electron chi connectivity index (χ0n) is 13.2. The van der Waals surface area contributed by atoms with Gasteiger partial charge in [0.25, 0.3) is 0 Å². The van der Waals surface area contributed by atoms with Crippen molar-refractivity contribution in [2.45, 2.75) is 53.6 Å². The molecule has 0 aliphatic carbocycles. The lowest BCUT2D eigenvalue weighted by Crippen LogP contribution is -2.39. The van der Waals surface area contributed by atoms with Crippen molar-refractivity contribution in [2.24, 2.45) is 5.92 Å². The van der Waals surface area contributed by atoms with Crippen LogP contribution >= 0.6 is 0 Å². The fourth-order valence-electron chi connectivity index (χ4n) is 1.92. The Balaban J connectivity index is 2.51. The van der Waals surface area contributed by atoms with E-state index in [0.717, 1.165) is 24.7 Å². The van der Waals surface area contributed by atoms with E-state index in [1.165, 1.54) is 17.5 Å². The summed E-state index contributed by atoms with van der Waals surface area (Å²) in [5, 5.41) is 0. The molecule has 3 heteroatoms. The SMILES string of the molecule is Cc1ccc(C)c(O[Si](C)(C)OCCCC(C)C)c1. The minimum Gasteiger partial charge on any atom is -0.520 e. The van der Waals surface area contributed by atoms with Gasteiger partial charge in [-0.3, -0.25) is 0 Å². The summed E-state index contributed by atoms with van der Waals surface area (Å²) in [5.41, 5.74) is 2.40. The molecule has 2 nitrogen and oxygen atoms in total. The molecule has 0 aliphatic rings. The van der Waals surface area contributed by atoms with Crippen molar-refractivity contribution in [3.63, 3.8) is 0 Å². The third-order valence-electron chi connectivity index (χ3n) is 3.07. The third kappa shape index (κ3) is 6.26. The summed E-state index contributed by atoms with van der Waals surface area (Å²) in [4.78, 5) is 0. The largest absolute Gasteiger partial charge is 0.520 e. The van der Waals surface area contributed by atoms with Gasteiger partial charge in [0.1, 0.15) is 5.75 Å². The predicted molar refractivity (Wildman–Crippen MR) is 84.1 cm³/mol. The number of benzene rings is 1. The number of hydrogen-bond acceptors (Lipinski definition) is 2. The van der Waals surface area contributed by atoms with Crippen molar-refractivity contribution in [1.29, 1.82) is 0 Å². The molecule has 0 N–H and O–H groups in total. The van der Waals surface area contributed by atoms with Crippen LogP contribution in [-0.2, 0) is 4.43 Å². The van der Waals surface area contributed by atoms with E-state index in [9.17, 15) is 0 Å². The fraction of sp³-hybridized carbons (Fsp3) is 0.625. The van der Waals surface area contributed by atoms with E-state index >= 15 is 0 Å². The molecule has 0 aliphatic heterocycles. The molecule has 0 saturated carbocycles. The van der Waals surface area contributed by atoms with Crippen molar-refractivity contribution in [1.82, 2.24) is 0 Å². The average Bonchev–Trinajstić information content (AvgIpc) is 2.29. The van der Waals surface area contributed by atoms with Gasteiger partial charge in [-0.2, -0.15) is 0 Å². The van der Waals surface area contributed by atoms with Gasteiger partial charge in [0.15, 0.2) is 0 Å². The maximum absolute atomic E-state index is 6.14. The van der Waals surface area contributed by atoms with Crippen LogP contribution in [0.1, 0.15) is 37.8 Å². The molecule has 0 atom stereocenters. The van der Waals surface area contributed by atoms with Crippen molar-refractivity contribution < 1.29 is 8.85 Å². The molecule has 0 aromatic heterocycles. The number of hydrogen-bond donors (Lipinski definition) is 0. The molecule has 108 valence electrons. The summed E-state index contributed by atoms with van der Waals surface area (Å²) >= 11 is 0. The Bertz CT molecular complexity index is 400. The van der Waals surface area contributed by atoms with E-state index in [4.69, 9.17) is 8.85 Å². The molecule has 0 radical (unpaired) electrons. The number of rotatable bonds is 7. The van der Waals surface area contributed by atoms with Crippen LogP contribution in [0.2, 0.25) is 13.1 Å². The zero-order valence-corrected chi connectivity index (χ0v) is 14.2. The maximum atomic E-state index is 6.14. The minimum atomic E-state index is -2.07. The van der Waals surface area contributed by atoms with Crippen LogP contribution < -0.4 is 4.43 Å². The molecule has 1 rings (SSSR count). The molecule has 0 unspecified atom stereocenters. The first-order chi connectivity index (χ1) is 8.80. The highest BCUT2D eigenvalue weighted by atomic mass is 28.4. The average molecular weight is 280 g/mol. The van der Waals surface area contributed by atoms with Gasteiger partial charge in [-0.1, -0.05) is 26.0 Å². The Morgan fingerprint density at radius 1 is 1.16 bits per heavy atom. The third-order valence-corrected chi connectivity index (χ3v) is 4.69. The second-order valence-corrected chi connectivity index (χ2v) is 9.45. The Hall–Kier alpha value is -0.803. The lowest BCUT2D eigenvalue weighted by atomic mass is 10.1. The minimum absolute atomic E-state index is 0.744. The van der Waals surface area contributed by atoms with E-state index in [1.807, 2.05) is 0 Å². The Morgan fingerprint density at radius 3 is 2.47 bits per heavy atom. The van der Waals surface area contributed by atoms with Gasteiger partial charge in [-0.15, -0.1) is 0 Å². The van der Waals surface area contributed by atoms with E-state index in [-0.39, 0.29) is 0 Å². The maximum Gasteiger partial charge on any atom is 0.392 e. The second kappa shape index (κ2) is 7.11. The van der Waals surface area contributed by atoms with E-state index in [1.54, 1.807) is 0 Å². The first-order valence-corrected chi connectivity index (χ1v) is 10.0. The van der Waals surface area contributed by atoms with Crippen LogP contribution in [-0.4, -0.2) is 15.2 Å². The van der Waals surface area contributed by atoms with Crippen molar-refractivity contribution in [2.75, 3.05) is 6.61 Å². The summed E-state index contributed by atoms with van der Waals surface area (Å²) in [7, 11) is -2.07. The van der Waals surface area contributed by atoms with E-state index in [0.29, 0.717) is 0 Å². The summed E-state index contributed by atoms with van der Waals surface area (Å²) in [5.74, 6) is 1.72. The van der Waals surface area contributed by atoms with Crippen LogP contribution in [0, 0.1) is 19.8 Å². The molecule has 0 fully saturated rings. The quantitative estimate of drug-likeness (QED) is 0.526. The van der Waals surface area contributed by atoms with Gasteiger partial charge >= 0.3 is 8.56 Å². The van der Waals surface area contributed by atoms with Crippen LogP contribution in [0.15, 0.2) is 18.2 Å². The lowest BCUT2D eigenvalue weighted by molar-refractivity contribution is 0.236. The molecule has 0 saturated heterocycles. The Kier molecular flexibility index (Phi) is 6.08.